The predicted octanol–water partition coefficient (Wildman–Crippen LogP) is 4.74. The van der Waals surface area contributed by atoms with Crippen molar-refractivity contribution >= 4 is 11.8 Å². The monoisotopic (exact) mass is 478 g/mol. The van der Waals surface area contributed by atoms with Gasteiger partial charge in [0.15, 0.2) is 0 Å². The zero-order valence-corrected chi connectivity index (χ0v) is 21.3. The quantitative estimate of drug-likeness (QED) is 0.577. The average molecular weight is 479 g/mol. The van der Waals surface area contributed by atoms with Gasteiger partial charge in [0, 0.05) is 43.7 Å². The van der Waals surface area contributed by atoms with Gasteiger partial charge in [0.2, 0.25) is 5.91 Å². The lowest BCUT2D eigenvalue weighted by atomic mass is 9.88. The molecule has 0 spiro atoms. The van der Waals surface area contributed by atoms with E-state index in [2.05, 4.69) is 36.1 Å². The van der Waals surface area contributed by atoms with Crippen molar-refractivity contribution in [3.05, 3.63) is 59.2 Å². The van der Waals surface area contributed by atoms with E-state index in [-0.39, 0.29) is 17.7 Å². The zero-order valence-electron chi connectivity index (χ0n) is 21.3. The van der Waals surface area contributed by atoms with Crippen LogP contribution in [0.15, 0.2) is 42.5 Å². The van der Waals surface area contributed by atoms with E-state index in [1.165, 1.54) is 17.5 Å². The van der Waals surface area contributed by atoms with Crippen LogP contribution in [-0.2, 0) is 11.2 Å². The maximum absolute atomic E-state index is 13.2. The summed E-state index contributed by atoms with van der Waals surface area (Å²) in [5.74, 6) is 2.14. The molecule has 0 atom stereocenters. The summed E-state index contributed by atoms with van der Waals surface area (Å²) in [4.78, 5) is 30.1. The second-order valence-electron chi connectivity index (χ2n) is 9.96. The van der Waals surface area contributed by atoms with Gasteiger partial charge in [0.25, 0.3) is 5.91 Å². The molecule has 6 nitrogen and oxygen atoms in total. The molecule has 2 aliphatic heterocycles. The Morgan fingerprint density at radius 1 is 0.829 bits per heavy atom. The number of nitrogens with zero attached hydrogens (tertiary/aromatic N) is 2. The number of benzene rings is 2. The number of hydrogen-bond donors (Lipinski definition) is 0. The summed E-state index contributed by atoms with van der Waals surface area (Å²) < 4.78 is 10.6. The molecule has 2 heterocycles. The number of rotatable bonds is 7. The fourth-order valence-electron chi connectivity index (χ4n) is 5.27. The van der Waals surface area contributed by atoms with Gasteiger partial charge in [-0.3, -0.25) is 9.59 Å². The summed E-state index contributed by atoms with van der Waals surface area (Å²) in [6.07, 6.45) is 5.93. The Labute approximate surface area is 209 Å². The van der Waals surface area contributed by atoms with Gasteiger partial charge >= 0.3 is 0 Å². The molecule has 4 rings (SSSR count). The van der Waals surface area contributed by atoms with Gasteiger partial charge in [-0.15, -0.1) is 0 Å². The fourth-order valence-corrected chi connectivity index (χ4v) is 5.27. The Hall–Kier alpha value is -3.02. The van der Waals surface area contributed by atoms with Gasteiger partial charge in [0.1, 0.15) is 11.5 Å². The lowest BCUT2D eigenvalue weighted by Gasteiger charge is -2.37. The molecule has 188 valence electrons. The first kappa shape index (κ1) is 25.1. The normalized spacial score (nSPS) is 17.3. The van der Waals surface area contributed by atoms with E-state index in [0.29, 0.717) is 36.1 Å². The van der Waals surface area contributed by atoms with Crippen LogP contribution in [0.1, 0.15) is 53.6 Å². The summed E-state index contributed by atoms with van der Waals surface area (Å²) >= 11 is 0. The molecule has 0 bridgehead atoms. The largest absolute Gasteiger partial charge is 0.497 e. The van der Waals surface area contributed by atoms with Gasteiger partial charge in [-0.25, -0.2) is 0 Å². The van der Waals surface area contributed by atoms with Crippen LogP contribution in [0.3, 0.4) is 0 Å². The predicted molar refractivity (Wildman–Crippen MR) is 137 cm³/mol. The topological polar surface area (TPSA) is 59.1 Å². The van der Waals surface area contributed by atoms with Crippen molar-refractivity contribution in [2.24, 2.45) is 11.8 Å². The Bertz CT molecular complexity index is 982. The number of carbonyl (C=O) groups excluding carboxylic acids is 2. The lowest BCUT2D eigenvalue weighted by Crippen LogP contribution is -2.46. The Kier molecular flexibility index (Phi) is 8.32. The Morgan fingerprint density at radius 2 is 1.40 bits per heavy atom. The number of aryl methyl sites for hydroxylation is 2. The molecule has 2 aromatic carbocycles. The van der Waals surface area contributed by atoms with Gasteiger partial charge in [0.05, 0.1) is 14.2 Å². The first-order chi connectivity index (χ1) is 17.0. The molecule has 2 saturated heterocycles. The third-order valence-corrected chi connectivity index (χ3v) is 7.62. The summed E-state index contributed by atoms with van der Waals surface area (Å²) in [5, 5.41) is 0. The minimum atomic E-state index is -0.0394. The number of carbonyl (C=O) groups is 2. The first-order valence-electron chi connectivity index (χ1n) is 12.8. The zero-order chi connectivity index (χ0) is 24.8. The van der Waals surface area contributed by atoms with E-state index >= 15 is 0 Å². The molecule has 6 heteroatoms. The molecule has 35 heavy (non-hydrogen) atoms. The van der Waals surface area contributed by atoms with E-state index in [4.69, 9.17) is 9.47 Å². The molecule has 0 radical (unpaired) electrons. The van der Waals surface area contributed by atoms with Crippen LogP contribution in [0.25, 0.3) is 0 Å². The number of piperidine rings is 2. The summed E-state index contributed by atoms with van der Waals surface area (Å²) in [5.41, 5.74) is 3.26. The van der Waals surface area contributed by atoms with Crippen molar-refractivity contribution in [2.45, 2.75) is 45.4 Å². The molecule has 0 aliphatic carbocycles. The third kappa shape index (κ3) is 6.36. The molecule has 0 aromatic heterocycles. The van der Waals surface area contributed by atoms with Crippen LogP contribution in [0.2, 0.25) is 0 Å². The second kappa shape index (κ2) is 11.6. The van der Waals surface area contributed by atoms with Crippen molar-refractivity contribution < 1.29 is 19.1 Å². The Morgan fingerprint density at radius 3 is 1.97 bits per heavy atom. The van der Waals surface area contributed by atoms with E-state index in [1.54, 1.807) is 32.4 Å². The maximum Gasteiger partial charge on any atom is 0.254 e. The van der Waals surface area contributed by atoms with Crippen LogP contribution in [0.5, 0.6) is 11.5 Å². The number of likely N-dealkylation sites (tertiary alicyclic amines) is 2. The summed E-state index contributed by atoms with van der Waals surface area (Å²) in [6, 6.07) is 14.1. The molecule has 0 N–H and O–H groups in total. The van der Waals surface area contributed by atoms with Gasteiger partial charge in [-0.2, -0.15) is 0 Å². The number of amides is 2. The average Bonchev–Trinajstić information content (AvgIpc) is 2.92. The SMILES string of the molecule is COc1cc(OC)cc(C(=O)N2CCC(C(=O)N3CCC(CCc4ccc(C)cc4)CC3)CC2)c1. The summed E-state index contributed by atoms with van der Waals surface area (Å²) in [6.45, 7) is 5.04. The van der Waals surface area contributed by atoms with Crippen molar-refractivity contribution in [3.63, 3.8) is 0 Å². The van der Waals surface area contributed by atoms with Gasteiger partial charge < -0.3 is 19.3 Å². The van der Waals surface area contributed by atoms with Crippen molar-refractivity contribution in [1.29, 1.82) is 0 Å². The lowest BCUT2D eigenvalue weighted by molar-refractivity contribution is -0.138. The minimum Gasteiger partial charge on any atom is -0.497 e. The smallest absolute Gasteiger partial charge is 0.254 e. The number of methoxy groups -OCH3 is 2. The highest BCUT2D eigenvalue weighted by molar-refractivity contribution is 5.95. The first-order valence-corrected chi connectivity index (χ1v) is 12.8. The standard InChI is InChI=1S/C29H38N2O4/c1-21-4-6-22(7-5-21)8-9-23-10-14-30(15-11-23)28(32)24-12-16-31(17-13-24)29(33)25-18-26(34-2)20-27(19-25)35-3/h4-7,18-20,23-24H,8-17H2,1-3H3. The van der Waals surface area contributed by atoms with E-state index in [0.717, 1.165) is 45.2 Å². The van der Waals surface area contributed by atoms with Gasteiger partial charge in [-0.1, -0.05) is 29.8 Å². The van der Waals surface area contributed by atoms with E-state index in [9.17, 15) is 9.59 Å². The second-order valence-corrected chi connectivity index (χ2v) is 9.96. The highest BCUT2D eigenvalue weighted by atomic mass is 16.5. The molecular formula is C29H38N2O4. The minimum absolute atomic E-state index is 0.0167. The third-order valence-electron chi connectivity index (χ3n) is 7.62. The van der Waals surface area contributed by atoms with Crippen LogP contribution < -0.4 is 9.47 Å². The molecule has 0 unspecified atom stereocenters. The van der Waals surface area contributed by atoms with E-state index in [1.807, 2.05) is 4.90 Å². The number of hydrogen-bond acceptors (Lipinski definition) is 4. The van der Waals surface area contributed by atoms with Gasteiger partial charge in [-0.05, 0) is 69.1 Å². The van der Waals surface area contributed by atoms with Crippen LogP contribution in [-0.4, -0.2) is 62.0 Å². The number of ether oxygens (including phenoxy) is 2. The molecule has 2 amide bonds. The van der Waals surface area contributed by atoms with Crippen LogP contribution in [0, 0.1) is 18.8 Å². The molecule has 2 aliphatic rings. The Balaban J connectivity index is 1.23. The highest BCUT2D eigenvalue weighted by Crippen LogP contribution is 2.28. The maximum atomic E-state index is 13.2. The molecule has 2 fully saturated rings. The molecular weight excluding hydrogens is 440 g/mol. The van der Waals surface area contributed by atoms with Crippen LogP contribution in [0.4, 0.5) is 0 Å². The van der Waals surface area contributed by atoms with Crippen LogP contribution >= 0.6 is 0 Å². The fraction of sp³-hybridized carbons (Fsp3) is 0.517. The highest BCUT2D eigenvalue weighted by Gasteiger charge is 2.32. The van der Waals surface area contributed by atoms with Crippen molar-refractivity contribution in [2.75, 3.05) is 40.4 Å². The summed E-state index contributed by atoms with van der Waals surface area (Å²) in [7, 11) is 3.15. The molecule has 2 aromatic rings. The molecule has 0 saturated carbocycles. The van der Waals surface area contributed by atoms with Crippen molar-refractivity contribution in [3.8, 4) is 11.5 Å². The van der Waals surface area contributed by atoms with Crippen molar-refractivity contribution in [1.82, 2.24) is 9.80 Å². The van der Waals surface area contributed by atoms with E-state index < -0.39 is 0 Å².